The summed E-state index contributed by atoms with van der Waals surface area (Å²) in [4.78, 5) is 27.5. The number of benzene rings is 3. The van der Waals surface area contributed by atoms with E-state index in [4.69, 9.17) is 34.8 Å². The molecule has 0 heterocycles. The van der Waals surface area contributed by atoms with Gasteiger partial charge in [-0.3, -0.25) is 13.9 Å². The molecular formula is C27H25Cl3F3N3O4S. The number of hydrogen-bond donors (Lipinski definition) is 1. The summed E-state index contributed by atoms with van der Waals surface area (Å²) >= 11 is 18.4. The summed E-state index contributed by atoms with van der Waals surface area (Å²) in [6.07, 6.45) is -4.78. The van der Waals surface area contributed by atoms with Gasteiger partial charge in [-0.25, -0.2) is 8.42 Å². The number of rotatable bonds is 10. The lowest BCUT2D eigenvalue weighted by atomic mass is 10.1. The zero-order valence-corrected chi connectivity index (χ0v) is 24.8. The molecule has 0 aliphatic rings. The van der Waals surface area contributed by atoms with Gasteiger partial charge < -0.3 is 10.2 Å². The van der Waals surface area contributed by atoms with Gasteiger partial charge in [0.15, 0.2) is 0 Å². The lowest BCUT2D eigenvalue weighted by Crippen LogP contribution is -2.51. The van der Waals surface area contributed by atoms with Crippen molar-refractivity contribution in [2.75, 3.05) is 17.9 Å². The molecule has 0 unspecified atom stereocenters. The SMILES string of the molecule is CC[C@@H](C(=O)NC)N(Cc1c(Cl)cccc1Cl)C(=O)CN(c1ccc(Cl)c(C(F)(F)F)c1)S(=O)(=O)c1ccccc1. The van der Waals surface area contributed by atoms with E-state index in [1.165, 1.54) is 43.4 Å². The fraction of sp³-hybridized carbons (Fsp3) is 0.259. The van der Waals surface area contributed by atoms with Gasteiger partial charge in [0, 0.05) is 29.2 Å². The van der Waals surface area contributed by atoms with E-state index in [2.05, 4.69) is 5.32 Å². The van der Waals surface area contributed by atoms with Crippen molar-refractivity contribution >= 4 is 62.3 Å². The van der Waals surface area contributed by atoms with Gasteiger partial charge in [-0.15, -0.1) is 0 Å². The Morgan fingerprint density at radius 2 is 1.54 bits per heavy atom. The van der Waals surface area contributed by atoms with Crippen LogP contribution in [-0.4, -0.2) is 44.8 Å². The van der Waals surface area contributed by atoms with E-state index in [0.717, 1.165) is 17.0 Å². The second-order valence-electron chi connectivity index (χ2n) is 8.75. The molecule has 0 fully saturated rings. The average Bonchev–Trinajstić information content (AvgIpc) is 2.93. The number of alkyl halides is 3. The maximum atomic E-state index is 13.9. The molecule has 14 heteroatoms. The molecule has 2 amide bonds. The Labute approximate surface area is 250 Å². The Hall–Kier alpha value is -2.99. The molecule has 0 aliphatic heterocycles. The molecule has 3 rings (SSSR count). The quantitative estimate of drug-likeness (QED) is 0.275. The van der Waals surface area contributed by atoms with E-state index in [-0.39, 0.29) is 27.9 Å². The average molecular weight is 651 g/mol. The maximum Gasteiger partial charge on any atom is 0.417 e. The first-order valence-corrected chi connectivity index (χ1v) is 14.7. The van der Waals surface area contributed by atoms with Crippen LogP contribution in [0.4, 0.5) is 18.9 Å². The lowest BCUT2D eigenvalue weighted by Gasteiger charge is -2.33. The molecule has 41 heavy (non-hydrogen) atoms. The number of likely N-dealkylation sites (N-methyl/N-ethyl adjacent to an activating group) is 1. The van der Waals surface area contributed by atoms with Crippen molar-refractivity contribution in [1.29, 1.82) is 0 Å². The molecule has 0 saturated carbocycles. The number of halogens is 6. The van der Waals surface area contributed by atoms with Crippen LogP contribution < -0.4 is 9.62 Å². The molecule has 1 N–H and O–H groups in total. The second kappa shape index (κ2) is 13.3. The lowest BCUT2D eigenvalue weighted by molar-refractivity contribution is -0.140. The third-order valence-electron chi connectivity index (χ3n) is 6.18. The van der Waals surface area contributed by atoms with Gasteiger partial charge in [0.25, 0.3) is 10.0 Å². The van der Waals surface area contributed by atoms with E-state index >= 15 is 0 Å². The first kappa shape index (κ1) is 32.5. The summed E-state index contributed by atoms with van der Waals surface area (Å²) in [6.45, 7) is 0.407. The number of hydrogen-bond acceptors (Lipinski definition) is 4. The van der Waals surface area contributed by atoms with Crippen molar-refractivity contribution in [3.8, 4) is 0 Å². The number of sulfonamides is 1. The van der Waals surface area contributed by atoms with Crippen molar-refractivity contribution in [2.24, 2.45) is 0 Å². The Bertz CT molecular complexity index is 1500. The monoisotopic (exact) mass is 649 g/mol. The van der Waals surface area contributed by atoms with Crippen LogP contribution in [0.5, 0.6) is 0 Å². The summed E-state index contributed by atoms with van der Waals surface area (Å²) in [5, 5.41) is 2.21. The molecule has 3 aromatic carbocycles. The minimum Gasteiger partial charge on any atom is -0.357 e. The van der Waals surface area contributed by atoms with Gasteiger partial charge in [0.2, 0.25) is 11.8 Å². The number of anilines is 1. The number of amides is 2. The van der Waals surface area contributed by atoms with Crippen molar-refractivity contribution < 1.29 is 31.2 Å². The first-order chi connectivity index (χ1) is 19.2. The molecule has 0 aromatic heterocycles. The highest BCUT2D eigenvalue weighted by Crippen LogP contribution is 2.38. The van der Waals surface area contributed by atoms with Crippen LogP contribution in [0.15, 0.2) is 71.6 Å². The summed E-state index contributed by atoms with van der Waals surface area (Å²) in [7, 11) is -3.21. The normalized spacial score (nSPS) is 12.5. The molecule has 220 valence electrons. The highest BCUT2D eigenvalue weighted by Gasteiger charge is 2.37. The minimum atomic E-state index is -4.90. The van der Waals surface area contributed by atoms with E-state index in [1.807, 2.05) is 0 Å². The third-order valence-corrected chi connectivity index (χ3v) is 9.00. The van der Waals surface area contributed by atoms with Crippen LogP contribution in [0.1, 0.15) is 24.5 Å². The van der Waals surface area contributed by atoms with Crippen molar-refractivity contribution in [3.05, 3.63) is 92.9 Å². The van der Waals surface area contributed by atoms with Crippen LogP contribution in [-0.2, 0) is 32.3 Å². The Morgan fingerprint density at radius 3 is 2.07 bits per heavy atom. The fourth-order valence-electron chi connectivity index (χ4n) is 4.07. The third kappa shape index (κ3) is 7.45. The Balaban J connectivity index is 2.17. The van der Waals surface area contributed by atoms with E-state index in [1.54, 1.807) is 19.1 Å². The van der Waals surface area contributed by atoms with Gasteiger partial charge >= 0.3 is 6.18 Å². The van der Waals surface area contributed by atoms with Crippen LogP contribution in [0.25, 0.3) is 0 Å². The van der Waals surface area contributed by atoms with Gasteiger partial charge in [0.1, 0.15) is 12.6 Å². The predicted molar refractivity (Wildman–Crippen MR) is 153 cm³/mol. The standard InChI is InChI=1S/C27H25Cl3F3N3O4S/c1-3-24(26(38)34-2)35(15-19-21(28)10-7-11-22(19)29)25(37)16-36(41(39,40)18-8-5-4-6-9-18)17-12-13-23(30)20(14-17)27(31,32)33/h4-14,24H,3,15-16H2,1-2H3,(H,34,38)/t24-/m0/s1. The van der Waals surface area contributed by atoms with Gasteiger partial charge in [-0.2, -0.15) is 13.2 Å². The molecule has 1 atom stereocenters. The molecule has 7 nitrogen and oxygen atoms in total. The van der Waals surface area contributed by atoms with Crippen LogP contribution in [0, 0.1) is 0 Å². The molecule has 0 bridgehead atoms. The van der Waals surface area contributed by atoms with Gasteiger partial charge in [-0.1, -0.05) is 66.0 Å². The van der Waals surface area contributed by atoms with E-state index < -0.39 is 56.9 Å². The molecular weight excluding hydrogens is 626 g/mol. The molecule has 0 spiro atoms. The van der Waals surface area contributed by atoms with E-state index in [9.17, 15) is 31.2 Å². The fourth-order valence-corrected chi connectivity index (χ4v) is 6.24. The molecule has 0 aliphatic carbocycles. The number of nitrogens with zero attached hydrogens (tertiary/aromatic N) is 2. The highest BCUT2D eigenvalue weighted by atomic mass is 35.5. The Morgan fingerprint density at radius 1 is 0.927 bits per heavy atom. The van der Waals surface area contributed by atoms with Crippen LogP contribution >= 0.6 is 34.8 Å². The van der Waals surface area contributed by atoms with Crippen molar-refractivity contribution in [2.45, 2.75) is 37.0 Å². The largest absolute Gasteiger partial charge is 0.417 e. The van der Waals surface area contributed by atoms with Crippen LogP contribution in [0.2, 0.25) is 15.1 Å². The first-order valence-electron chi connectivity index (χ1n) is 12.1. The summed E-state index contributed by atoms with van der Waals surface area (Å²) < 4.78 is 69.2. The van der Waals surface area contributed by atoms with Gasteiger partial charge in [0.05, 0.1) is 21.2 Å². The van der Waals surface area contributed by atoms with Crippen LogP contribution in [0.3, 0.4) is 0 Å². The Kier molecular flexibility index (Phi) is 10.6. The van der Waals surface area contributed by atoms with Gasteiger partial charge in [-0.05, 0) is 48.9 Å². The smallest absolute Gasteiger partial charge is 0.357 e. The summed E-state index contributed by atoms with van der Waals surface area (Å²) in [5.41, 5.74) is -1.44. The topological polar surface area (TPSA) is 86.8 Å². The predicted octanol–water partition coefficient (Wildman–Crippen LogP) is 6.41. The molecule has 3 aromatic rings. The minimum absolute atomic E-state index is 0.123. The number of carbonyl (C=O) groups excluding carboxylic acids is 2. The summed E-state index contributed by atoms with van der Waals surface area (Å²) in [5.74, 6) is -1.44. The van der Waals surface area contributed by atoms with Crippen molar-refractivity contribution in [1.82, 2.24) is 10.2 Å². The zero-order chi connectivity index (χ0) is 30.5. The summed E-state index contributed by atoms with van der Waals surface area (Å²) in [6, 6.07) is 13.0. The number of nitrogens with one attached hydrogen (secondary N) is 1. The second-order valence-corrected chi connectivity index (χ2v) is 11.8. The highest BCUT2D eigenvalue weighted by molar-refractivity contribution is 7.92. The number of carbonyl (C=O) groups is 2. The zero-order valence-electron chi connectivity index (χ0n) is 21.8. The van der Waals surface area contributed by atoms with Crippen molar-refractivity contribution in [3.63, 3.8) is 0 Å². The molecule has 0 saturated heterocycles. The maximum absolute atomic E-state index is 13.9. The molecule has 0 radical (unpaired) electrons. The van der Waals surface area contributed by atoms with E-state index in [0.29, 0.717) is 15.9 Å².